The van der Waals surface area contributed by atoms with Gasteiger partial charge in [-0.05, 0) is 0 Å². The summed E-state index contributed by atoms with van der Waals surface area (Å²) in [5.74, 6) is 6.25. The van der Waals surface area contributed by atoms with Crippen molar-refractivity contribution in [2.24, 2.45) is 5.92 Å². The molecule has 0 unspecified atom stereocenters. The van der Waals surface area contributed by atoms with Crippen molar-refractivity contribution in [1.82, 2.24) is 0 Å². The van der Waals surface area contributed by atoms with E-state index in [-0.39, 0.29) is 0 Å². The first kappa shape index (κ1) is 9.57. The molecule has 1 N–H and O–H groups in total. The maximum absolute atomic E-state index is 9.87. The molecule has 0 aliphatic carbocycles. The highest BCUT2D eigenvalue weighted by Crippen LogP contribution is 2.19. The van der Waals surface area contributed by atoms with E-state index in [1.807, 2.05) is 13.8 Å². The molecule has 0 saturated carbocycles. The highest BCUT2D eigenvalue weighted by Gasteiger charge is 2.27. The van der Waals surface area contributed by atoms with E-state index in [9.17, 15) is 5.11 Å². The summed E-state index contributed by atoms with van der Waals surface area (Å²) >= 11 is 0. The van der Waals surface area contributed by atoms with Gasteiger partial charge in [-0.1, -0.05) is 25.7 Å². The van der Waals surface area contributed by atoms with E-state index < -0.39 is 5.60 Å². The summed E-state index contributed by atoms with van der Waals surface area (Å²) in [6.07, 6.45) is 1.29. The van der Waals surface area contributed by atoms with Crippen LogP contribution in [0, 0.1) is 17.8 Å². The molecule has 68 valence electrons. The fourth-order valence-electron chi connectivity index (χ4n) is 1.11. The summed E-state index contributed by atoms with van der Waals surface area (Å²) in [5.41, 5.74) is -0.775. The fraction of sp³-hybridized carbons (Fsp3) is 0.800. The fourth-order valence-corrected chi connectivity index (χ4v) is 1.11. The van der Waals surface area contributed by atoms with E-state index >= 15 is 0 Å². The van der Waals surface area contributed by atoms with Crippen LogP contribution in [-0.2, 0) is 4.74 Å². The van der Waals surface area contributed by atoms with Crippen LogP contribution in [0.5, 0.6) is 0 Å². The minimum Gasteiger partial charge on any atom is -0.381 e. The Balaban J connectivity index is 2.53. The van der Waals surface area contributed by atoms with Gasteiger partial charge in [0, 0.05) is 18.8 Å². The van der Waals surface area contributed by atoms with Crippen LogP contribution in [0.4, 0.5) is 0 Å². The van der Waals surface area contributed by atoms with E-state index in [1.165, 1.54) is 0 Å². The molecule has 0 aromatic rings. The lowest BCUT2D eigenvalue weighted by Gasteiger charge is -2.26. The first-order chi connectivity index (χ1) is 5.62. The largest absolute Gasteiger partial charge is 0.381 e. The Bertz CT molecular complexity index is 192. The molecular weight excluding hydrogens is 152 g/mol. The zero-order valence-electron chi connectivity index (χ0n) is 7.76. The molecule has 2 nitrogen and oxygen atoms in total. The van der Waals surface area contributed by atoms with Crippen LogP contribution in [0.2, 0.25) is 0 Å². The summed E-state index contributed by atoms with van der Waals surface area (Å²) in [6.45, 7) is 5.30. The summed E-state index contributed by atoms with van der Waals surface area (Å²) in [5, 5.41) is 9.87. The zero-order chi connectivity index (χ0) is 9.03. The topological polar surface area (TPSA) is 29.5 Å². The minimum atomic E-state index is -0.775. The third-order valence-electron chi connectivity index (χ3n) is 1.91. The van der Waals surface area contributed by atoms with E-state index in [1.54, 1.807) is 0 Å². The van der Waals surface area contributed by atoms with Crippen LogP contribution in [0.25, 0.3) is 0 Å². The van der Waals surface area contributed by atoms with Gasteiger partial charge >= 0.3 is 0 Å². The van der Waals surface area contributed by atoms with E-state index in [0.29, 0.717) is 32.0 Å². The van der Waals surface area contributed by atoms with Gasteiger partial charge < -0.3 is 9.84 Å². The van der Waals surface area contributed by atoms with Gasteiger partial charge in [-0.15, -0.1) is 0 Å². The van der Waals surface area contributed by atoms with E-state index in [4.69, 9.17) is 4.74 Å². The second kappa shape index (κ2) is 3.93. The van der Waals surface area contributed by atoms with E-state index in [2.05, 4.69) is 11.8 Å². The Morgan fingerprint density at radius 3 is 2.42 bits per heavy atom. The molecule has 1 heterocycles. The molecule has 0 amide bonds. The van der Waals surface area contributed by atoms with Crippen molar-refractivity contribution in [3.8, 4) is 11.8 Å². The maximum Gasteiger partial charge on any atom is 0.129 e. The van der Waals surface area contributed by atoms with Crippen molar-refractivity contribution in [2.75, 3.05) is 13.2 Å². The second-order valence-corrected chi connectivity index (χ2v) is 3.57. The lowest BCUT2D eigenvalue weighted by molar-refractivity contribution is -0.0262. The van der Waals surface area contributed by atoms with Crippen molar-refractivity contribution in [3.63, 3.8) is 0 Å². The van der Waals surface area contributed by atoms with Crippen LogP contribution in [0.3, 0.4) is 0 Å². The summed E-state index contributed by atoms with van der Waals surface area (Å²) < 4.78 is 5.14. The number of hydrogen-bond donors (Lipinski definition) is 1. The number of hydrogen-bond acceptors (Lipinski definition) is 2. The molecule has 0 bridgehead atoms. The Labute approximate surface area is 73.9 Å². The molecule has 0 radical (unpaired) electrons. The van der Waals surface area contributed by atoms with Gasteiger partial charge in [0.05, 0.1) is 13.2 Å². The summed E-state index contributed by atoms with van der Waals surface area (Å²) in [4.78, 5) is 0. The molecular formula is C10H16O2. The molecule has 0 atom stereocenters. The molecule has 1 saturated heterocycles. The molecule has 0 aromatic carbocycles. The second-order valence-electron chi connectivity index (χ2n) is 3.57. The molecule has 2 heteroatoms. The van der Waals surface area contributed by atoms with Gasteiger partial charge in [0.1, 0.15) is 5.60 Å². The van der Waals surface area contributed by atoms with Gasteiger partial charge in [-0.25, -0.2) is 0 Å². The first-order valence-corrected chi connectivity index (χ1v) is 4.45. The minimum absolute atomic E-state index is 0.330. The van der Waals surface area contributed by atoms with Crippen molar-refractivity contribution in [3.05, 3.63) is 0 Å². The number of rotatable bonds is 0. The lowest BCUT2D eigenvalue weighted by atomic mass is 9.94. The van der Waals surface area contributed by atoms with Crippen molar-refractivity contribution in [1.29, 1.82) is 0 Å². The predicted octanol–water partition coefficient (Wildman–Crippen LogP) is 1.19. The average molecular weight is 168 g/mol. The number of aliphatic hydroxyl groups is 1. The lowest BCUT2D eigenvalue weighted by Crippen LogP contribution is -2.34. The van der Waals surface area contributed by atoms with Crippen molar-refractivity contribution < 1.29 is 9.84 Å². The Morgan fingerprint density at radius 2 is 1.92 bits per heavy atom. The predicted molar refractivity (Wildman–Crippen MR) is 47.6 cm³/mol. The SMILES string of the molecule is CC(C)C#CC1(O)CCOCC1. The molecule has 0 spiro atoms. The van der Waals surface area contributed by atoms with Gasteiger partial charge in [0.2, 0.25) is 0 Å². The van der Waals surface area contributed by atoms with Gasteiger partial charge in [0.25, 0.3) is 0 Å². The van der Waals surface area contributed by atoms with Crippen LogP contribution < -0.4 is 0 Å². The van der Waals surface area contributed by atoms with Gasteiger partial charge in [-0.3, -0.25) is 0 Å². The van der Waals surface area contributed by atoms with E-state index in [0.717, 1.165) is 0 Å². The third-order valence-corrected chi connectivity index (χ3v) is 1.91. The monoisotopic (exact) mass is 168 g/mol. The van der Waals surface area contributed by atoms with Gasteiger partial charge in [-0.2, -0.15) is 0 Å². The molecule has 1 aliphatic rings. The summed E-state index contributed by atoms with van der Waals surface area (Å²) in [6, 6.07) is 0. The third kappa shape index (κ3) is 2.84. The molecule has 12 heavy (non-hydrogen) atoms. The molecule has 1 rings (SSSR count). The van der Waals surface area contributed by atoms with Crippen LogP contribution in [0.15, 0.2) is 0 Å². The average Bonchev–Trinajstić information content (AvgIpc) is 2.03. The zero-order valence-corrected chi connectivity index (χ0v) is 7.76. The molecule has 0 aromatic heterocycles. The maximum atomic E-state index is 9.87. The standard InChI is InChI=1S/C10H16O2/c1-9(2)3-4-10(11)5-7-12-8-6-10/h9,11H,5-8H2,1-2H3. The quantitative estimate of drug-likeness (QED) is 0.550. The highest BCUT2D eigenvalue weighted by molar-refractivity contribution is 5.15. The number of ether oxygens (including phenoxy) is 1. The van der Waals surface area contributed by atoms with Crippen molar-refractivity contribution in [2.45, 2.75) is 32.3 Å². The Hall–Kier alpha value is -0.520. The van der Waals surface area contributed by atoms with Crippen LogP contribution >= 0.6 is 0 Å². The summed E-state index contributed by atoms with van der Waals surface area (Å²) in [7, 11) is 0. The van der Waals surface area contributed by atoms with Crippen molar-refractivity contribution >= 4 is 0 Å². The molecule has 1 fully saturated rings. The first-order valence-electron chi connectivity index (χ1n) is 4.45. The Kier molecular flexibility index (Phi) is 3.13. The van der Waals surface area contributed by atoms with Gasteiger partial charge in [0.15, 0.2) is 0 Å². The Morgan fingerprint density at radius 1 is 1.33 bits per heavy atom. The van der Waals surface area contributed by atoms with Crippen LogP contribution in [-0.4, -0.2) is 23.9 Å². The molecule has 1 aliphatic heterocycles. The highest BCUT2D eigenvalue weighted by atomic mass is 16.5. The van der Waals surface area contributed by atoms with Crippen LogP contribution in [0.1, 0.15) is 26.7 Å². The smallest absolute Gasteiger partial charge is 0.129 e. The normalized spacial score (nSPS) is 21.7.